The summed E-state index contributed by atoms with van der Waals surface area (Å²) in [6.45, 7) is -1.21. The van der Waals surface area contributed by atoms with E-state index in [0.717, 1.165) is 0 Å². The third-order valence-electron chi connectivity index (χ3n) is 0.945. The number of aliphatic hydroxyl groups excluding tert-OH is 3. The van der Waals surface area contributed by atoms with Crippen LogP contribution in [0.3, 0.4) is 0 Å². The number of rotatable bonds is 3. The largest absolute Gasteiger partial charge is 0.394 e. The van der Waals surface area contributed by atoms with Crippen LogP contribution < -0.4 is 5.73 Å². The van der Waals surface area contributed by atoms with Gasteiger partial charge in [-0.2, -0.15) is 0 Å². The van der Waals surface area contributed by atoms with Crippen molar-refractivity contribution >= 4 is 0 Å². The second-order valence-electron chi connectivity index (χ2n) is 2.68. The zero-order chi connectivity index (χ0) is 10.2. The molecule has 0 aromatic carbocycles. The van der Waals surface area contributed by atoms with Crippen LogP contribution in [0.4, 0.5) is 0 Å². The van der Waals surface area contributed by atoms with Gasteiger partial charge < -0.3 is 21.1 Å². The minimum absolute atomic E-state index is 0.403. The standard InChI is InChI=1S/C4H11NO3.C2H6N.Ta/c5-4(1-6,2-7)3-8;1-3-2;/h6-8H,1-3,5H2;1-2H3;/q;-1;+1. The van der Waals surface area contributed by atoms with Gasteiger partial charge in [0.15, 0.2) is 0 Å². The van der Waals surface area contributed by atoms with Gasteiger partial charge in [0.25, 0.3) is 0 Å². The molecule has 0 unspecified atom stereocenters. The summed E-state index contributed by atoms with van der Waals surface area (Å²) < 4.78 is 2.11. The van der Waals surface area contributed by atoms with Gasteiger partial charge in [-0.3, -0.25) is 0 Å². The molecular weight excluding hydrogens is 329 g/mol. The Balaban J connectivity index is 0. The van der Waals surface area contributed by atoms with Gasteiger partial charge in [0.1, 0.15) is 0 Å². The Morgan fingerprint density at radius 3 is 1.33 bits per heavy atom. The van der Waals surface area contributed by atoms with E-state index in [1.807, 2.05) is 14.1 Å². The molecule has 0 atom stereocenters. The maximum atomic E-state index is 8.34. The Morgan fingerprint density at radius 1 is 1.17 bits per heavy atom. The summed E-state index contributed by atoms with van der Waals surface area (Å²) in [7, 11) is 4.10. The van der Waals surface area contributed by atoms with Crippen LogP contribution in [0.2, 0.25) is 0 Å². The molecule has 0 amide bonds. The first-order valence-corrected chi connectivity index (χ1v) is 4.83. The second kappa shape index (κ2) is 8.15. The van der Waals surface area contributed by atoms with Gasteiger partial charge in [0.05, 0.1) is 25.4 Å². The van der Waals surface area contributed by atoms with Crippen molar-refractivity contribution in [2.75, 3.05) is 33.9 Å². The molecule has 0 aliphatic heterocycles. The topological polar surface area (TPSA) is 90.0 Å². The first kappa shape index (κ1) is 15.0. The third-order valence-corrected chi connectivity index (χ3v) is 0.945. The molecule has 12 heavy (non-hydrogen) atoms. The normalized spacial score (nSPS) is 10.9. The van der Waals surface area contributed by atoms with Gasteiger partial charge in [-0.25, -0.2) is 0 Å². The average molecular weight is 346 g/mol. The molecule has 0 spiro atoms. The molecule has 0 fully saturated rings. The van der Waals surface area contributed by atoms with Gasteiger partial charge >= 0.3 is 38.7 Å². The molecule has 6 heteroatoms. The van der Waals surface area contributed by atoms with Crippen LogP contribution >= 0.6 is 0 Å². The number of nitrogens with two attached hydrogens (primary N) is 1. The number of hydrogen-bond donors (Lipinski definition) is 4. The summed E-state index contributed by atoms with van der Waals surface area (Å²) in [6, 6.07) is 0. The van der Waals surface area contributed by atoms with Crippen molar-refractivity contribution in [3.05, 3.63) is 0 Å². The smallest absolute Gasteiger partial charge is 0.0856 e. The second-order valence-corrected chi connectivity index (χ2v) is 5.56. The van der Waals surface area contributed by atoms with Crippen LogP contribution in [0.25, 0.3) is 0 Å². The van der Waals surface area contributed by atoms with E-state index in [1.165, 1.54) is 21.3 Å². The Bertz CT molecular complexity index is 87.8. The van der Waals surface area contributed by atoms with Gasteiger partial charge in [-0.1, -0.05) is 0 Å². The van der Waals surface area contributed by atoms with Gasteiger partial charge in [-0.05, 0) is 0 Å². The molecule has 0 heterocycles. The molecule has 0 bridgehead atoms. The van der Waals surface area contributed by atoms with E-state index in [4.69, 9.17) is 21.1 Å². The van der Waals surface area contributed by atoms with Gasteiger partial charge in [-0.15, -0.1) is 0 Å². The minimum atomic E-state index is -1.21. The van der Waals surface area contributed by atoms with Crippen molar-refractivity contribution in [1.82, 2.24) is 3.30 Å². The summed E-state index contributed by atoms with van der Waals surface area (Å²) in [5.74, 6) is 0. The van der Waals surface area contributed by atoms with Crippen LogP contribution in [0.5, 0.6) is 0 Å². The van der Waals surface area contributed by atoms with E-state index in [9.17, 15) is 0 Å². The number of nitrogens with zero attached hydrogens (tertiary/aromatic N) is 1. The van der Waals surface area contributed by atoms with Gasteiger partial charge in [0.2, 0.25) is 0 Å². The quantitative estimate of drug-likeness (QED) is 0.460. The monoisotopic (exact) mass is 346 g/mol. The number of aliphatic hydroxyl groups is 3. The molecule has 0 aromatic heterocycles. The fourth-order valence-electron chi connectivity index (χ4n) is 0.150. The molecule has 0 aliphatic carbocycles. The van der Waals surface area contributed by atoms with Crippen LogP contribution in [-0.2, 0) is 21.3 Å². The van der Waals surface area contributed by atoms with E-state index in [0.29, 0.717) is 0 Å². The molecule has 5 N–H and O–H groups in total. The molecule has 0 rings (SSSR count). The van der Waals surface area contributed by atoms with Crippen molar-refractivity contribution in [1.29, 1.82) is 0 Å². The molecule has 74 valence electrons. The summed E-state index contributed by atoms with van der Waals surface area (Å²) in [6.07, 6.45) is 0. The van der Waals surface area contributed by atoms with Crippen molar-refractivity contribution < 1.29 is 36.6 Å². The molecule has 0 saturated heterocycles. The van der Waals surface area contributed by atoms with E-state index in [-0.39, 0.29) is 0 Å². The molecule has 0 radical (unpaired) electrons. The Labute approximate surface area is 85.4 Å². The predicted molar refractivity (Wildman–Crippen MR) is 41.9 cm³/mol. The van der Waals surface area contributed by atoms with Crippen LogP contribution in [-0.4, -0.2) is 58.1 Å². The summed E-state index contributed by atoms with van der Waals surface area (Å²) in [4.78, 5) is 0. The van der Waals surface area contributed by atoms with Crippen molar-refractivity contribution in [3.63, 3.8) is 0 Å². The Morgan fingerprint density at radius 2 is 1.33 bits per heavy atom. The van der Waals surface area contributed by atoms with Gasteiger partial charge in [0, 0.05) is 0 Å². The Kier molecular flexibility index (Phi) is 10.2. The fraction of sp³-hybridized carbons (Fsp3) is 1.00. The minimum Gasteiger partial charge on any atom is -0.394 e. The maximum absolute atomic E-state index is 8.34. The summed E-state index contributed by atoms with van der Waals surface area (Å²) in [5, 5.41) is 25.0. The van der Waals surface area contributed by atoms with Crippen LogP contribution in [0, 0.1) is 0 Å². The van der Waals surface area contributed by atoms with Crippen molar-refractivity contribution in [3.8, 4) is 0 Å². The van der Waals surface area contributed by atoms with Crippen molar-refractivity contribution in [2.45, 2.75) is 5.54 Å². The third kappa shape index (κ3) is 10.5. The van der Waals surface area contributed by atoms with Crippen LogP contribution in [0.1, 0.15) is 0 Å². The summed E-state index contributed by atoms with van der Waals surface area (Å²) in [5.41, 5.74) is 3.94. The zero-order valence-corrected chi connectivity index (χ0v) is 10.6. The Hall–Kier alpha value is 0.540. The molecular formula is C6H17N2O3Ta. The summed E-state index contributed by atoms with van der Waals surface area (Å²) >= 11 is 1.35. The fourth-order valence-corrected chi connectivity index (χ4v) is 0.150. The average Bonchev–Trinajstić information content (AvgIpc) is 2.02. The predicted octanol–water partition coefficient (Wildman–Crippen LogP) is -2.33. The van der Waals surface area contributed by atoms with Crippen molar-refractivity contribution in [2.24, 2.45) is 5.73 Å². The zero-order valence-electron chi connectivity index (χ0n) is 7.43. The van der Waals surface area contributed by atoms with E-state index in [2.05, 4.69) is 3.30 Å². The van der Waals surface area contributed by atoms with Crippen LogP contribution in [0.15, 0.2) is 0 Å². The molecule has 0 aliphatic rings. The molecule has 0 saturated carbocycles. The maximum Gasteiger partial charge on any atom is 0.0856 e. The number of hydrogen-bond acceptors (Lipinski definition) is 5. The van der Waals surface area contributed by atoms with E-state index >= 15 is 0 Å². The SMILES string of the molecule is C[N](C)[Ta].NC(CO)(CO)CO. The molecule has 0 aromatic rings. The first-order valence-electron chi connectivity index (χ1n) is 3.39. The molecule has 5 nitrogen and oxygen atoms in total. The first-order chi connectivity index (χ1) is 5.41. The van der Waals surface area contributed by atoms with E-state index < -0.39 is 25.4 Å². The van der Waals surface area contributed by atoms with E-state index in [1.54, 1.807) is 0 Å².